The molecule has 0 aliphatic carbocycles. The minimum Gasteiger partial charge on any atom is -0.496 e. The summed E-state index contributed by atoms with van der Waals surface area (Å²) in [5.74, 6) is 0.971. The molecule has 2 heteroatoms. The maximum atomic E-state index is 5.42. The smallest absolute Gasteiger partial charge is 0.122 e. The molecular weight excluding hydrogens is 186 g/mol. The van der Waals surface area contributed by atoms with Crippen molar-refractivity contribution < 1.29 is 4.74 Å². The van der Waals surface area contributed by atoms with E-state index in [4.69, 9.17) is 4.74 Å². The molecule has 1 N–H and O–H groups in total. The zero-order valence-corrected chi connectivity index (χ0v) is 10.6. The summed E-state index contributed by atoms with van der Waals surface area (Å²) < 4.78 is 5.42. The highest BCUT2D eigenvalue weighted by molar-refractivity contribution is 5.58. The first-order valence-corrected chi connectivity index (χ1v) is 5.27. The lowest BCUT2D eigenvalue weighted by Gasteiger charge is -2.23. The maximum absolute atomic E-state index is 5.42. The van der Waals surface area contributed by atoms with Crippen LogP contribution in [0.25, 0.3) is 0 Å². The van der Waals surface area contributed by atoms with Gasteiger partial charge in [0.05, 0.1) is 7.11 Å². The van der Waals surface area contributed by atoms with Gasteiger partial charge in [-0.1, -0.05) is 20.8 Å². The van der Waals surface area contributed by atoms with E-state index < -0.39 is 0 Å². The van der Waals surface area contributed by atoms with E-state index in [1.807, 2.05) is 7.05 Å². The summed E-state index contributed by atoms with van der Waals surface area (Å²) in [6.07, 6.45) is 0. The first-order valence-electron chi connectivity index (χ1n) is 5.27. The summed E-state index contributed by atoms with van der Waals surface area (Å²) in [5.41, 5.74) is 3.72. The van der Waals surface area contributed by atoms with Crippen LogP contribution in [0.15, 0.2) is 12.1 Å². The molecule has 0 unspecified atom stereocenters. The average Bonchev–Trinajstić information content (AvgIpc) is 2.15. The van der Waals surface area contributed by atoms with Crippen LogP contribution in [0.3, 0.4) is 0 Å². The van der Waals surface area contributed by atoms with Crippen molar-refractivity contribution in [2.24, 2.45) is 0 Å². The van der Waals surface area contributed by atoms with Crippen LogP contribution in [0.4, 0.5) is 5.69 Å². The number of benzene rings is 1. The van der Waals surface area contributed by atoms with Gasteiger partial charge in [0.25, 0.3) is 0 Å². The lowest BCUT2D eigenvalue weighted by atomic mass is 9.85. The number of rotatable bonds is 2. The van der Waals surface area contributed by atoms with Gasteiger partial charge in [-0.2, -0.15) is 0 Å². The van der Waals surface area contributed by atoms with E-state index in [2.05, 4.69) is 45.1 Å². The Balaban J connectivity index is 3.36. The number of hydrogen-bond acceptors (Lipinski definition) is 2. The minimum atomic E-state index is 0.102. The number of methoxy groups -OCH3 is 1. The van der Waals surface area contributed by atoms with Crippen LogP contribution >= 0.6 is 0 Å². The van der Waals surface area contributed by atoms with Crippen LogP contribution in [-0.4, -0.2) is 14.2 Å². The molecule has 0 fully saturated rings. The second-order valence-corrected chi connectivity index (χ2v) is 4.87. The van der Waals surface area contributed by atoms with E-state index >= 15 is 0 Å². The Morgan fingerprint density at radius 3 is 2.20 bits per heavy atom. The van der Waals surface area contributed by atoms with Gasteiger partial charge in [-0.15, -0.1) is 0 Å². The van der Waals surface area contributed by atoms with Crippen molar-refractivity contribution >= 4 is 5.69 Å². The Morgan fingerprint density at radius 1 is 1.20 bits per heavy atom. The summed E-state index contributed by atoms with van der Waals surface area (Å²) >= 11 is 0. The molecule has 1 aromatic carbocycles. The second-order valence-electron chi connectivity index (χ2n) is 4.87. The van der Waals surface area contributed by atoms with Crippen molar-refractivity contribution in [1.82, 2.24) is 0 Å². The van der Waals surface area contributed by atoms with E-state index in [0.717, 1.165) is 5.75 Å². The Hall–Kier alpha value is -1.18. The molecule has 1 rings (SSSR count). The average molecular weight is 207 g/mol. The number of ether oxygens (including phenoxy) is 1. The number of hydrogen-bond donors (Lipinski definition) is 1. The van der Waals surface area contributed by atoms with E-state index in [1.165, 1.54) is 16.8 Å². The standard InChI is InChI=1S/C13H21NO/c1-9-7-12(15-6)10(13(2,3)4)8-11(9)14-5/h7-8,14H,1-6H3. The molecule has 0 aromatic heterocycles. The van der Waals surface area contributed by atoms with Gasteiger partial charge in [0.2, 0.25) is 0 Å². The van der Waals surface area contributed by atoms with Gasteiger partial charge in [0.15, 0.2) is 0 Å². The zero-order chi connectivity index (χ0) is 11.6. The van der Waals surface area contributed by atoms with E-state index in [0.29, 0.717) is 0 Å². The summed E-state index contributed by atoms with van der Waals surface area (Å²) in [6, 6.07) is 4.26. The topological polar surface area (TPSA) is 21.3 Å². The minimum absolute atomic E-state index is 0.102. The van der Waals surface area contributed by atoms with Gasteiger partial charge in [0, 0.05) is 18.3 Å². The Morgan fingerprint density at radius 2 is 1.80 bits per heavy atom. The monoisotopic (exact) mass is 207 g/mol. The highest BCUT2D eigenvalue weighted by Gasteiger charge is 2.20. The molecule has 0 heterocycles. The van der Waals surface area contributed by atoms with E-state index in [-0.39, 0.29) is 5.41 Å². The molecule has 0 saturated carbocycles. The highest BCUT2D eigenvalue weighted by Crippen LogP contribution is 2.35. The van der Waals surface area contributed by atoms with Crippen LogP contribution in [0, 0.1) is 6.92 Å². The van der Waals surface area contributed by atoms with E-state index in [9.17, 15) is 0 Å². The molecule has 0 atom stereocenters. The molecule has 15 heavy (non-hydrogen) atoms. The third-order valence-electron chi connectivity index (χ3n) is 2.62. The molecular formula is C13H21NO. The molecule has 84 valence electrons. The highest BCUT2D eigenvalue weighted by atomic mass is 16.5. The van der Waals surface area contributed by atoms with Crippen molar-refractivity contribution in [3.63, 3.8) is 0 Å². The third-order valence-corrected chi connectivity index (χ3v) is 2.62. The Bertz CT molecular complexity index is 350. The van der Waals surface area contributed by atoms with Crippen LogP contribution in [-0.2, 0) is 5.41 Å². The molecule has 1 aromatic rings. The molecule has 0 bridgehead atoms. The molecule has 2 nitrogen and oxygen atoms in total. The maximum Gasteiger partial charge on any atom is 0.122 e. The van der Waals surface area contributed by atoms with Gasteiger partial charge >= 0.3 is 0 Å². The van der Waals surface area contributed by atoms with Crippen molar-refractivity contribution in [1.29, 1.82) is 0 Å². The van der Waals surface area contributed by atoms with Crippen molar-refractivity contribution in [2.75, 3.05) is 19.5 Å². The zero-order valence-electron chi connectivity index (χ0n) is 10.6. The lowest BCUT2D eigenvalue weighted by molar-refractivity contribution is 0.397. The van der Waals surface area contributed by atoms with Crippen LogP contribution in [0.2, 0.25) is 0 Å². The Labute approximate surface area is 92.6 Å². The molecule has 0 aliphatic heterocycles. The fourth-order valence-corrected chi connectivity index (χ4v) is 1.71. The van der Waals surface area contributed by atoms with Crippen molar-refractivity contribution in [3.05, 3.63) is 23.3 Å². The molecule has 0 amide bonds. The quantitative estimate of drug-likeness (QED) is 0.803. The van der Waals surface area contributed by atoms with Gasteiger partial charge < -0.3 is 10.1 Å². The molecule has 0 radical (unpaired) electrons. The number of nitrogens with one attached hydrogen (secondary N) is 1. The molecule has 0 aliphatic rings. The normalized spacial score (nSPS) is 11.3. The number of aryl methyl sites for hydroxylation is 1. The van der Waals surface area contributed by atoms with Crippen LogP contribution < -0.4 is 10.1 Å². The lowest BCUT2D eigenvalue weighted by Crippen LogP contribution is -2.13. The van der Waals surface area contributed by atoms with Crippen LogP contribution in [0.5, 0.6) is 5.75 Å². The largest absolute Gasteiger partial charge is 0.496 e. The van der Waals surface area contributed by atoms with E-state index in [1.54, 1.807) is 7.11 Å². The summed E-state index contributed by atoms with van der Waals surface area (Å²) in [4.78, 5) is 0. The van der Waals surface area contributed by atoms with Gasteiger partial charge in [-0.3, -0.25) is 0 Å². The van der Waals surface area contributed by atoms with Gasteiger partial charge in [-0.25, -0.2) is 0 Å². The van der Waals surface area contributed by atoms with Crippen molar-refractivity contribution in [2.45, 2.75) is 33.1 Å². The summed E-state index contributed by atoms with van der Waals surface area (Å²) in [6.45, 7) is 8.67. The van der Waals surface area contributed by atoms with Crippen molar-refractivity contribution in [3.8, 4) is 5.75 Å². The predicted octanol–water partition coefficient (Wildman–Crippen LogP) is 3.34. The SMILES string of the molecule is CNc1cc(C(C)(C)C)c(OC)cc1C. The van der Waals surface area contributed by atoms with Gasteiger partial charge in [0.1, 0.15) is 5.75 Å². The fourth-order valence-electron chi connectivity index (χ4n) is 1.71. The summed E-state index contributed by atoms with van der Waals surface area (Å²) in [5, 5.41) is 3.20. The molecule has 0 saturated heterocycles. The Kier molecular flexibility index (Phi) is 3.28. The summed E-state index contributed by atoms with van der Waals surface area (Å²) in [7, 11) is 3.67. The fraction of sp³-hybridized carbons (Fsp3) is 0.538. The first-order chi connectivity index (χ1) is 6.90. The third kappa shape index (κ3) is 2.44. The number of anilines is 1. The predicted molar refractivity (Wildman–Crippen MR) is 66.0 cm³/mol. The molecule has 0 spiro atoms. The van der Waals surface area contributed by atoms with Crippen LogP contribution in [0.1, 0.15) is 31.9 Å². The first kappa shape index (κ1) is 11.9. The second kappa shape index (κ2) is 4.13. The van der Waals surface area contributed by atoms with Gasteiger partial charge in [-0.05, 0) is 30.0 Å².